The smallest absolute Gasteiger partial charge is 0.466 e. The highest BCUT2D eigenvalue weighted by molar-refractivity contribution is 7.48. The van der Waals surface area contributed by atoms with Crippen LogP contribution in [0, 0.1) is 6.92 Å². The zero-order valence-electron chi connectivity index (χ0n) is 28.8. The quantitative estimate of drug-likeness (QED) is 0.120. The molecule has 10 nitrogen and oxygen atoms in total. The van der Waals surface area contributed by atoms with Crippen LogP contribution in [0.25, 0.3) is 27.7 Å². The summed E-state index contributed by atoms with van der Waals surface area (Å²) in [4.78, 5) is 32.1. The molecule has 1 aliphatic rings. The molecule has 3 aromatic rings. The van der Waals surface area contributed by atoms with E-state index in [1.165, 1.54) is 0 Å². The van der Waals surface area contributed by atoms with Crippen LogP contribution in [0.15, 0.2) is 51.9 Å². The van der Waals surface area contributed by atoms with E-state index in [1.54, 1.807) is 73.0 Å². The number of hydrogen-bond donors (Lipinski definition) is 0. The van der Waals surface area contributed by atoms with Crippen molar-refractivity contribution >= 4 is 36.0 Å². The Bertz CT molecular complexity index is 1710. The average Bonchev–Trinajstić information content (AvgIpc) is 2.89. The van der Waals surface area contributed by atoms with Crippen molar-refractivity contribution in [2.45, 2.75) is 105 Å². The number of anilines is 1. The number of ether oxygens (including phenoxy) is 1. The van der Waals surface area contributed by atoms with Gasteiger partial charge in [0.2, 0.25) is 0 Å². The number of phosphoric acid groups is 1. The van der Waals surface area contributed by atoms with Gasteiger partial charge in [0.05, 0.1) is 41.9 Å². The number of fused-ring (bicyclic) bond motifs is 2. The average molecular weight is 655 g/mol. The van der Waals surface area contributed by atoms with Gasteiger partial charge in [-0.1, -0.05) is 6.08 Å². The molecule has 11 heteroatoms. The molecule has 0 aliphatic carbocycles. The third-order valence-electron chi connectivity index (χ3n) is 7.36. The fourth-order valence-corrected chi connectivity index (χ4v) is 7.73. The lowest BCUT2D eigenvalue weighted by molar-refractivity contribution is -0.143. The number of esters is 1. The maximum atomic E-state index is 14.0. The van der Waals surface area contributed by atoms with Crippen molar-refractivity contribution < 1.29 is 32.1 Å². The van der Waals surface area contributed by atoms with Gasteiger partial charge in [-0.2, -0.15) is 0 Å². The van der Waals surface area contributed by atoms with Gasteiger partial charge in [-0.3, -0.25) is 23.3 Å². The van der Waals surface area contributed by atoms with E-state index < -0.39 is 30.2 Å². The topological polar surface area (TPSA) is 117 Å². The second-order valence-corrected chi connectivity index (χ2v) is 15.7. The van der Waals surface area contributed by atoms with Crippen molar-refractivity contribution in [2.75, 3.05) is 18.1 Å². The van der Waals surface area contributed by atoms with Gasteiger partial charge >= 0.3 is 19.4 Å². The molecule has 2 aromatic heterocycles. The molecule has 1 atom stereocenters. The Morgan fingerprint density at radius 3 is 2.24 bits per heavy atom. The molecule has 1 unspecified atom stereocenters. The van der Waals surface area contributed by atoms with Crippen LogP contribution < -0.4 is 10.5 Å². The molecule has 0 N–H and O–H groups in total. The fraction of sp³-hybridized carbons (Fsp3) is 0.514. The Morgan fingerprint density at radius 1 is 1.07 bits per heavy atom. The molecule has 4 rings (SSSR count). The monoisotopic (exact) mass is 654 g/mol. The summed E-state index contributed by atoms with van der Waals surface area (Å²) in [6.45, 7) is 20.6. The maximum absolute atomic E-state index is 14.0. The van der Waals surface area contributed by atoms with Gasteiger partial charge in [0.1, 0.15) is 5.58 Å². The second kappa shape index (κ2) is 13.1. The van der Waals surface area contributed by atoms with Crippen molar-refractivity contribution in [3.63, 3.8) is 0 Å². The summed E-state index contributed by atoms with van der Waals surface area (Å²) in [6, 6.07) is 7.05. The summed E-state index contributed by atoms with van der Waals surface area (Å²) >= 11 is 0. The lowest BCUT2D eigenvalue weighted by Crippen LogP contribution is -2.51. The van der Waals surface area contributed by atoms with E-state index in [2.05, 4.69) is 9.88 Å². The summed E-state index contributed by atoms with van der Waals surface area (Å²) < 4.78 is 43.1. The molecule has 0 amide bonds. The maximum Gasteiger partial charge on any atom is 0.476 e. The Morgan fingerprint density at radius 2 is 1.67 bits per heavy atom. The number of nitrogens with zero attached hydrogens (tertiary/aromatic N) is 2. The molecule has 46 heavy (non-hydrogen) atoms. The minimum absolute atomic E-state index is 0.0848. The van der Waals surface area contributed by atoms with Gasteiger partial charge in [0.15, 0.2) is 0 Å². The van der Waals surface area contributed by atoms with Crippen LogP contribution in [0.2, 0.25) is 0 Å². The van der Waals surface area contributed by atoms with Gasteiger partial charge in [-0.15, -0.1) is 0 Å². The lowest BCUT2D eigenvalue weighted by atomic mass is 9.85. The first-order chi connectivity index (χ1) is 21.2. The van der Waals surface area contributed by atoms with Crippen LogP contribution in [0.5, 0.6) is 0 Å². The number of pyridine rings is 1. The number of aryl methyl sites for hydroxylation is 1. The first-order valence-electron chi connectivity index (χ1n) is 15.6. The molecule has 0 bridgehead atoms. The van der Waals surface area contributed by atoms with E-state index in [0.717, 1.165) is 27.8 Å². The molecule has 0 radical (unpaired) electrons. The summed E-state index contributed by atoms with van der Waals surface area (Å²) in [7, 11) is -4.04. The van der Waals surface area contributed by atoms with Gasteiger partial charge < -0.3 is 14.1 Å². The van der Waals surface area contributed by atoms with E-state index in [1.807, 2.05) is 45.9 Å². The first kappa shape index (κ1) is 35.6. The van der Waals surface area contributed by atoms with Crippen LogP contribution in [-0.4, -0.2) is 46.9 Å². The van der Waals surface area contributed by atoms with E-state index in [9.17, 15) is 14.2 Å². The first-order valence-corrected chi connectivity index (χ1v) is 17.0. The number of hydrogen-bond acceptors (Lipinski definition) is 10. The largest absolute Gasteiger partial charge is 0.476 e. The normalized spacial score (nSPS) is 15.8. The van der Waals surface area contributed by atoms with Crippen LogP contribution in [0.4, 0.5) is 5.69 Å². The van der Waals surface area contributed by atoms with Crippen molar-refractivity contribution in [3.05, 3.63) is 64.3 Å². The van der Waals surface area contributed by atoms with Gasteiger partial charge in [-0.05, 0) is 111 Å². The lowest BCUT2D eigenvalue weighted by Gasteiger charge is -2.47. The molecular formula is C35H47N2O8P. The van der Waals surface area contributed by atoms with Gasteiger partial charge in [0.25, 0.3) is 0 Å². The van der Waals surface area contributed by atoms with E-state index >= 15 is 0 Å². The number of benzene rings is 1. The third kappa shape index (κ3) is 8.15. The highest BCUT2D eigenvalue weighted by Crippen LogP contribution is 2.56. The number of carbonyl (C=O) groups excluding carboxylic acids is 1. The summed E-state index contributed by atoms with van der Waals surface area (Å²) in [5.41, 5.74) is 1.85. The molecule has 1 aromatic carbocycles. The highest BCUT2D eigenvalue weighted by Gasteiger charge is 2.40. The van der Waals surface area contributed by atoms with Crippen LogP contribution in [0.3, 0.4) is 0 Å². The predicted molar refractivity (Wildman–Crippen MR) is 181 cm³/mol. The van der Waals surface area contributed by atoms with Crippen molar-refractivity contribution in [3.8, 4) is 11.1 Å². The summed E-state index contributed by atoms with van der Waals surface area (Å²) in [5.74, 6) is -0.310. The molecule has 0 fully saturated rings. The number of phosphoric ester groups is 1. The molecule has 3 heterocycles. The Kier molecular flexibility index (Phi) is 10.1. The third-order valence-corrected chi connectivity index (χ3v) is 9.35. The van der Waals surface area contributed by atoms with Crippen molar-refractivity contribution in [1.82, 2.24) is 4.98 Å². The summed E-state index contributed by atoms with van der Waals surface area (Å²) in [6.07, 6.45) is 5.45. The standard InChI is InChI=1S/C35H47N2O8P/c1-12-41-30(38)17-22(2)37-28-19-29-26(23(3)31(32(39)43-29)24-13-15-36-16-14-24)18-27(28)25(20-35(37,10)11)21-42-46(40,44-33(4,5)6)45-34(7,8)9/h13-16,18-20,22H,12,17,21H2,1-11H3. The van der Waals surface area contributed by atoms with E-state index in [-0.39, 0.29) is 31.6 Å². The molecular weight excluding hydrogens is 607 g/mol. The fourth-order valence-electron chi connectivity index (χ4n) is 5.95. The van der Waals surface area contributed by atoms with Crippen molar-refractivity contribution in [2.24, 2.45) is 0 Å². The minimum Gasteiger partial charge on any atom is -0.466 e. The molecule has 250 valence electrons. The molecule has 1 aliphatic heterocycles. The molecule has 0 saturated carbocycles. The number of carbonyl (C=O) groups is 1. The second-order valence-electron chi connectivity index (χ2n) is 14.2. The Balaban J connectivity index is 1.90. The minimum atomic E-state index is -4.04. The van der Waals surface area contributed by atoms with Gasteiger partial charge in [-0.25, -0.2) is 9.36 Å². The predicted octanol–water partition coefficient (Wildman–Crippen LogP) is 8.24. The van der Waals surface area contributed by atoms with Crippen LogP contribution in [0.1, 0.15) is 86.8 Å². The van der Waals surface area contributed by atoms with Gasteiger partial charge in [0, 0.05) is 41.1 Å². The van der Waals surface area contributed by atoms with E-state index in [0.29, 0.717) is 16.7 Å². The molecule has 0 spiro atoms. The summed E-state index contributed by atoms with van der Waals surface area (Å²) in [5, 5.41) is 0.730. The van der Waals surface area contributed by atoms with Crippen molar-refractivity contribution in [1.29, 1.82) is 0 Å². The van der Waals surface area contributed by atoms with Crippen LogP contribution in [-0.2, 0) is 27.7 Å². The van der Waals surface area contributed by atoms with E-state index in [4.69, 9.17) is 22.7 Å². The number of rotatable bonds is 10. The zero-order valence-corrected chi connectivity index (χ0v) is 29.7. The number of aromatic nitrogens is 1. The Hall–Kier alpha value is -3.30. The molecule has 0 saturated heterocycles. The van der Waals surface area contributed by atoms with Crippen LogP contribution >= 0.6 is 7.82 Å². The highest BCUT2D eigenvalue weighted by atomic mass is 31.2. The Labute approximate surface area is 271 Å². The SMILES string of the molecule is CCOC(=O)CC(C)N1c2cc3oc(=O)c(-c4ccncc4)c(C)c3cc2C(COP(=O)(OC(C)(C)C)OC(C)(C)C)=CC1(C)C. The zero-order chi connectivity index (χ0) is 34.2.